The molecule has 1 radical (unpaired) electrons. The minimum Gasteiger partial charge on any atom is -0.433 e. The molecule has 1 heterocycles. The van der Waals surface area contributed by atoms with E-state index in [1.165, 1.54) is 24.5 Å². The molecule has 1 aromatic heterocycles. The molecular weight excluding hydrogens is 134 g/mol. The highest BCUT2D eigenvalue weighted by Gasteiger charge is 1.94. The van der Waals surface area contributed by atoms with Crippen LogP contribution in [0.4, 0.5) is 0 Å². The van der Waals surface area contributed by atoms with Crippen LogP contribution in [0.5, 0.6) is 0 Å². The van der Waals surface area contributed by atoms with Gasteiger partial charge in [-0.1, -0.05) is 5.21 Å². The van der Waals surface area contributed by atoms with E-state index in [1.807, 2.05) is 0 Å². The van der Waals surface area contributed by atoms with Crippen molar-refractivity contribution in [1.82, 2.24) is 15.0 Å². The summed E-state index contributed by atoms with van der Waals surface area (Å²) in [6, 6.07) is 0. The van der Waals surface area contributed by atoms with Crippen LogP contribution in [0.25, 0.3) is 0 Å². The van der Waals surface area contributed by atoms with Crippen molar-refractivity contribution >= 4 is 5.97 Å². The number of rotatable bonds is 2. The fourth-order valence-corrected chi connectivity index (χ4v) is 0.402. The Bertz CT molecular complexity index is 207. The molecule has 1 aromatic rings. The van der Waals surface area contributed by atoms with Crippen LogP contribution in [0.1, 0.15) is 6.92 Å². The molecule has 0 aliphatic rings. The van der Waals surface area contributed by atoms with Crippen LogP contribution in [0.3, 0.4) is 0 Å². The number of nitrogens with zero attached hydrogens (tertiary/aromatic N) is 3. The molecule has 0 atom stereocenters. The smallest absolute Gasteiger partial charge is 0.304 e. The lowest BCUT2D eigenvalue weighted by Gasteiger charge is -1.96. The van der Waals surface area contributed by atoms with Gasteiger partial charge in [0.2, 0.25) is 0 Å². The predicted octanol–water partition coefficient (Wildman–Crippen LogP) is -0.191. The van der Waals surface area contributed by atoms with Gasteiger partial charge in [-0.25, -0.2) is 4.68 Å². The third kappa shape index (κ3) is 1.85. The van der Waals surface area contributed by atoms with Crippen molar-refractivity contribution in [2.75, 3.05) is 0 Å². The zero-order chi connectivity index (χ0) is 7.40. The largest absolute Gasteiger partial charge is 0.433 e. The summed E-state index contributed by atoms with van der Waals surface area (Å²) in [6.07, 6.45) is 3.04. The standard InChI is InChI=1S/C5H6N3O2/c1-5(9)10-4-8-3-2-6-7-8/h2-4H,1H3. The van der Waals surface area contributed by atoms with Crippen molar-refractivity contribution < 1.29 is 9.53 Å². The lowest BCUT2D eigenvalue weighted by molar-refractivity contribution is -0.138. The van der Waals surface area contributed by atoms with Crippen molar-refractivity contribution in [1.29, 1.82) is 0 Å². The van der Waals surface area contributed by atoms with E-state index in [1.54, 1.807) is 6.20 Å². The van der Waals surface area contributed by atoms with Crippen molar-refractivity contribution in [3.8, 4) is 0 Å². The average molecular weight is 140 g/mol. The van der Waals surface area contributed by atoms with Gasteiger partial charge in [0.1, 0.15) is 0 Å². The Kier molecular flexibility index (Phi) is 1.99. The molecule has 5 heteroatoms. The van der Waals surface area contributed by atoms with E-state index in [9.17, 15) is 4.79 Å². The Balaban J connectivity index is 2.35. The number of esters is 1. The molecule has 0 bridgehead atoms. The lowest BCUT2D eigenvalue weighted by atomic mass is 10.8. The van der Waals surface area contributed by atoms with E-state index in [4.69, 9.17) is 0 Å². The summed E-state index contributed by atoms with van der Waals surface area (Å²) >= 11 is 0. The first-order chi connectivity index (χ1) is 4.79. The number of hydrogen-bond acceptors (Lipinski definition) is 4. The summed E-state index contributed by atoms with van der Waals surface area (Å²) in [4.78, 5) is 10.2. The molecule has 0 aliphatic carbocycles. The summed E-state index contributed by atoms with van der Waals surface area (Å²) in [5.74, 6) is -0.379. The summed E-state index contributed by atoms with van der Waals surface area (Å²) < 4.78 is 5.78. The number of aromatic nitrogens is 3. The highest BCUT2D eigenvalue weighted by Crippen LogP contribution is 1.85. The summed E-state index contributed by atoms with van der Waals surface area (Å²) in [5.41, 5.74) is 0. The molecule has 0 amide bonds. The first-order valence-electron chi connectivity index (χ1n) is 2.65. The maximum Gasteiger partial charge on any atom is 0.304 e. The van der Waals surface area contributed by atoms with Gasteiger partial charge in [-0.15, -0.1) is 5.10 Å². The number of ether oxygens (including phenoxy) is 1. The number of carbonyl (C=O) groups excluding carboxylic acids is 1. The Morgan fingerprint density at radius 3 is 3.10 bits per heavy atom. The van der Waals surface area contributed by atoms with Crippen molar-refractivity contribution in [2.45, 2.75) is 6.92 Å². The van der Waals surface area contributed by atoms with Crippen LogP contribution in [-0.4, -0.2) is 21.0 Å². The topological polar surface area (TPSA) is 57.0 Å². The fraction of sp³-hybridized carbons (Fsp3) is 0.200. The Hall–Kier alpha value is -1.39. The first-order valence-corrected chi connectivity index (χ1v) is 2.65. The molecule has 1 rings (SSSR count). The van der Waals surface area contributed by atoms with E-state index in [2.05, 4.69) is 15.0 Å². The second kappa shape index (κ2) is 2.95. The van der Waals surface area contributed by atoms with Gasteiger partial charge in [0.25, 0.3) is 6.73 Å². The normalized spacial score (nSPS) is 9.30. The van der Waals surface area contributed by atoms with E-state index in [0.717, 1.165) is 0 Å². The van der Waals surface area contributed by atoms with Crippen molar-refractivity contribution in [2.24, 2.45) is 0 Å². The molecule has 0 saturated heterocycles. The molecule has 0 aromatic carbocycles. The van der Waals surface area contributed by atoms with E-state index < -0.39 is 0 Å². The van der Waals surface area contributed by atoms with Crippen molar-refractivity contribution in [3.63, 3.8) is 0 Å². The molecule has 0 aliphatic heterocycles. The molecule has 5 nitrogen and oxygen atoms in total. The van der Waals surface area contributed by atoms with Crippen LogP contribution < -0.4 is 0 Å². The monoisotopic (exact) mass is 140 g/mol. The molecule has 0 saturated carbocycles. The summed E-state index contributed by atoms with van der Waals surface area (Å²) in [7, 11) is 0. The maximum atomic E-state index is 10.2. The Morgan fingerprint density at radius 2 is 2.60 bits per heavy atom. The molecule has 53 valence electrons. The lowest BCUT2D eigenvalue weighted by Crippen LogP contribution is -2.03. The van der Waals surface area contributed by atoms with Gasteiger partial charge in [-0.2, -0.15) is 0 Å². The van der Waals surface area contributed by atoms with E-state index >= 15 is 0 Å². The molecule has 0 unspecified atom stereocenters. The number of carbonyl (C=O) groups is 1. The Labute approximate surface area is 57.6 Å². The van der Waals surface area contributed by atoms with Crippen molar-refractivity contribution in [3.05, 3.63) is 19.1 Å². The third-order valence-corrected chi connectivity index (χ3v) is 0.768. The van der Waals surface area contributed by atoms with Crippen LogP contribution in [-0.2, 0) is 9.53 Å². The minimum absolute atomic E-state index is 0.379. The number of hydrogen-bond donors (Lipinski definition) is 0. The van der Waals surface area contributed by atoms with Gasteiger partial charge in [0.05, 0.1) is 6.20 Å². The molecule has 10 heavy (non-hydrogen) atoms. The second-order valence-electron chi connectivity index (χ2n) is 1.60. The molecular formula is C5H6N3O2. The molecule has 0 fully saturated rings. The summed E-state index contributed by atoms with van der Waals surface area (Å²) in [6.45, 7) is 2.49. The highest BCUT2D eigenvalue weighted by atomic mass is 16.5. The van der Waals surface area contributed by atoms with Gasteiger partial charge in [0.15, 0.2) is 0 Å². The highest BCUT2D eigenvalue weighted by molar-refractivity contribution is 5.66. The van der Waals surface area contributed by atoms with Crippen LogP contribution in [0, 0.1) is 6.73 Å². The van der Waals surface area contributed by atoms with Gasteiger partial charge < -0.3 is 4.74 Å². The Morgan fingerprint density at radius 1 is 1.80 bits per heavy atom. The summed E-state index contributed by atoms with van der Waals surface area (Å²) in [5, 5.41) is 7.01. The fourth-order valence-electron chi connectivity index (χ4n) is 0.402. The third-order valence-electron chi connectivity index (χ3n) is 0.768. The van der Waals surface area contributed by atoms with Gasteiger partial charge in [-0.05, 0) is 0 Å². The van der Waals surface area contributed by atoms with Gasteiger partial charge in [-0.3, -0.25) is 4.79 Å². The molecule has 0 N–H and O–H groups in total. The van der Waals surface area contributed by atoms with E-state index in [-0.39, 0.29) is 5.97 Å². The zero-order valence-electron chi connectivity index (χ0n) is 5.39. The van der Waals surface area contributed by atoms with Crippen LogP contribution in [0.2, 0.25) is 0 Å². The van der Waals surface area contributed by atoms with E-state index in [0.29, 0.717) is 0 Å². The van der Waals surface area contributed by atoms with Crippen LogP contribution >= 0.6 is 0 Å². The molecule has 0 spiro atoms. The maximum absolute atomic E-state index is 10.2. The minimum atomic E-state index is -0.379. The second-order valence-corrected chi connectivity index (χ2v) is 1.60. The van der Waals surface area contributed by atoms with Gasteiger partial charge in [0, 0.05) is 13.1 Å². The van der Waals surface area contributed by atoms with Crippen LogP contribution in [0.15, 0.2) is 12.4 Å². The average Bonchev–Trinajstić information content (AvgIpc) is 2.34. The quantitative estimate of drug-likeness (QED) is 0.534. The SMILES string of the molecule is CC(=O)O[CH]n1ccnn1. The van der Waals surface area contributed by atoms with Gasteiger partial charge >= 0.3 is 5.97 Å². The first kappa shape index (κ1) is 6.73. The zero-order valence-corrected chi connectivity index (χ0v) is 5.39. The predicted molar refractivity (Wildman–Crippen MR) is 31.5 cm³/mol.